The molecule has 3 aromatic rings. The number of nitrogen functional groups attached to an aromatic ring is 1. The summed E-state index contributed by atoms with van der Waals surface area (Å²) in [5.41, 5.74) is 4.75. The smallest absolute Gasteiger partial charge is 0.264 e. The average molecular weight is 429 g/mol. The molecule has 0 unspecified atom stereocenters. The molecule has 0 saturated heterocycles. The number of nitrogens with one attached hydrogen (secondary N) is 2. The summed E-state index contributed by atoms with van der Waals surface area (Å²) in [6.45, 7) is 1.83. The molecule has 0 radical (unpaired) electrons. The highest BCUT2D eigenvalue weighted by molar-refractivity contribution is 7.99. The van der Waals surface area contributed by atoms with Crippen molar-refractivity contribution in [1.29, 1.82) is 0 Å². The van der Waals surface area contributed by atoms with Crippen molar-refractivity contribution in [3.63, 3.8) is 0 Å². The predicted octanol–water partition coefficient (Wildman–Crippen LogP) is 2.71. The molecule has 0 bridgehead atoms. The number of amides is 1. The van der Waals surface area contributed by atoms with Crippen LogP contribution in [0.15, 0.2) is 58.8 Å². The van der Waals surface area contributed by atoms with Crippen molar-refractivity contribution in [2.45, 2.75) is 12.1 Å². The summed E-state index contributed by atoms with van der Waals surface area (Å²) in [5, 5.41) is 15.1. The molecule has 1 heterocycles. The summed E-state index contributed by atoms with van der Waals surface area (Å²) >= 11 is 1.09. The Balaban J connectivity index is 1.56. The second-order valence-electron chi connectivity index (χ2n) is 6.06. The minimum Gasteiger partial charge on any atom is -0.497 e. The first-order valence-electron chi connectivity index (χ1n) is 8.79. The van der Waals surface area contributed by atoms with E-state index in [1.54, 1.807) is 13.2 Å². The van der Waals surface area contributed by atoms with Gasteiger partial charge in [0.2, 0.25) is 11.1 Å². The molecule has 0 atom stereocenters. The van der Waals surface area contributed by atoms with E-state index in [1.807, 2.05) is 31.2 Å². The fraction of sp³-hybridized carbons (Fsp3) is 0.158. The van der Waals surface area contributed by atoms with Crippen LogP contribution in [0.25, 0.3) is 0 Å². The first-order chi connectivity index (χ1) is 14.5. The lowest BCUT2D eigenvalue weighted by Gasteiger charge is -2.06. The SMILES string of the molecule is COc1ccc(/C(C)=N/Nc2nnc(SCC(=O)Nc3cccc(F)c3)n2N)cc1. The largest absolute Gasteiger partial charge is 0.497 e. The number of methoxy groups -OCH3 is 1. The molecule has 4 N–H and O–H groups in total. The lowest BCUT2D eigenvalue weighted by molar-refractivity contribution is -0.113. The molecule has 30 heavy (non-hydrogen) atoms. The van der Waals surface area contributed by atoms with Crippen molar-refractivity contribution >= 4 is 35.0 Å². The minimum absolute atomic E-state index is 0.0278. The van der Waals surface area contributed by atoms with Crippen LogP contribution in [0.5, 0.6) is 5.75 Å². The maximum atomic E-state index is 13.2. The van der Waals surface area contributed by atoms with E-state index in [0.717, 1.165) is 23.1 Å². The summed E-state index contributed by atoms with van der Waals surface area (Å²) in [7, 11) is 1.60. The molecule has 0 aliphatic rings. The van der Waals surface area contributed by atoms with Gasteiger partial charge in [0.25, 0.3) is 5.95 Å². The summed E-state index contributed by atoms with van der Waals surface area (Å²) < 4.78 is 19.5. The van der Waals surface area contributed by atoms with Crippen molar-refractivity contribution < 1.29 is 13.9 Å². The molecule has 156 valence electrons. The van der Waals surface area contributed by atoms with Gasteiger partial charge in [-0.1, -0.05) is 17.8 Å². The van der Waals surface area contributed by atoms with Gasteiger partial charge in [-0.15, -0.1) is 10.2 Å². The zero-order chi connectivity index (χ0) is 21.5. The number of hydrogen-bond acceptors (Lipinski definition) is 8. The normalized spacial score (nSPS) is 11.2. The van der Waals surface area contributed by atoms with Crippen molar-refractivity contribution in [3.05, 3.63) is 59.9 Å². The van der Waals surface area contributed by atoms with Gasteiger partial charge < -0.3 is 15.9 Å². The van der Waals surface area contributed by atoms with E-state index >= 15 is 0 Å². The van der Waals surface area contributed by atoms with Crippen LogP contribution < -0.4 is 21.3 Å². The average Bonchev–Trinajstić information content (AvgIpc) is 3.10. The lowest BCUT2D eigenvalue weighted by atomic mass is 10.1. The number of carbonyl (C=O) groups excluding carboxylic acids is 1. The lowest BCUT2D eigenvalue weighted by Crippen LogP contribution is -2.17. The van der Waals surface area contributed by atoms with E-state index in [-0.39, 0.29) is 17.6 Å². The number of benzene rings is 2. The molecule has 1 amide bonds. The number of hydrogen-bond donors (Lipinski definition) is 3. The maximum Gasteiger partial charge on any atom is 0.264 e. The number of ether oxygens (including phenoxy) is 1. The van der Waals surface area contributed by atoms with E-state index in [2.05, 4.69) is 26.0 Å². The summed E-state index contributed by atoms with van der Waals surface area (Å²) in [4.78, 5) is 12.0. The highest BCUT2D eigenvalue weighted by Gasteiger charge is 2.12. The summed E-state index contributed by atoms with van der Waals surface area (Å²) in [6, 6.07) is 13.1. The van der Waals surface area contributed by atoms with Crippen LogP contribution in [0.1, 0.15) is 12.5 Å². The van der Waals surface area contributed by atoms with Crippen LogP contribution in [-0.2, 0) is 4.79 Å². The molecule has 0 fully saturated rings. The molecule has 3 rings (SSSR count). The van der Waals surface area contributed by atoms with Crippen LogP contribution in [0.4, 0.5) is 16.0 Å². The Morgan fingerprint density at radius 1 is 1.27 bits per heavy atom. The Hall–Kier alpha value is -3.60. The van der Waals surface area contributed by atoms with Crippen LogP contribution >= 0.6 is 11.8 Å². The number of halogens is 1. The summed E-state index contributed by atoms with van der Waals surface area (Å²) in [6.07, 6.45) is 0. The Morgan fingerprint density at radius 2 is 2.03 bits per heavy atom. The monoisotopic (exact) mass is 429 g/mol. The zero-order valence-electron chi connectivity index (χ0n) is 16.3. The highest BCUT2D eigenvalue weighted by atomic mass is 32.2. The van der Waals surface area contributed by atoms with Gasteiger partial charge in [0.1, 0.15) is 11.6 Å². The van der Waals surface area contributed by atoms with Crippen molar-refractivity contribution in [2.75, 3.05) is 29.4 Å². The number of nitrogens with zero attached hydrogens (tertiary/aromatic N) is 4. The molecule has 0 aliphatic heterocycles. The molecule has 11 heteroatoms. The molecule has 1 aromatic heterocycles. The van der Waals surface area contributed by atoms with E-state index in [4.69, 9.17) is 10.6 Å². The quantitative estimate of drug-likeness (QED) is 0.218. The number of rotatable bonds is 8. The number of thioether (sulfide) groups is 1. The van der Waals surface area contributed by atoms with Gasteiger partial charge in [-0.05, 0) is 55.0 Å². The zero-order valence-corrected chi connectivity index (χ0v) is 17.1. The topological polar surface area (TPSA) is 119 Å². The molecular weight excluding hydrogens is 409 g/mol. The van der Waals surface area contributed by atoms with Gasteiger partial charge in [0.15, 0.2) is 0 Å². The number of aromatic nitrogens is 3. The van der Waals surface area contributed by atoms with Gasteiger partial charge in [-0.2, -0.15) is 5.10 Å². The van der Waals surface area contributed by atoms with Crippen LogP contribution in [-0.4, -0.2) is 39.4 Å². The van der Waals surface area contributed by atoms with Gasteiger partial charge in [-0.3, -0.25) is 4.79 Å². The minimum atomic E-state index is -0.427. The Kier molecular flexibility index (Phi) is 6.86. The number of carbonyl (C=O) groups is 1. The van der Waals surface area contributed by atoms with Gasteiger partial charge in [0.05, 0.1) is 18.6 Å². The van der Waals surface area contributed by atoms with Crippen LogP contribution in [0.2, 0.25) is 0 Å². The van der Waals surface area contributed by atoms with Crippen molar-refractivity contribution in [3.8, 4) is 5.75 Å². The fourth-order valence-corrected chi connectivity index (χ4v) is 3.03. The molecule has 9 nitrogen and oxygen atoms in total. The van der Waals surface area contributed by atoms with Crippen molar-refractivity contribution in [1.82, 2.24) is 14.9 Å². The molecule has 0 saturated carbocycles. The first-order valence-corrected chi connectivity index (χ1v) is 9.78. The Morgan fingerprint density at radius 3 is 2.73 bits per heavy atom. The standard InChI is InChI=1S/C19H20FN7O2S/c1-12(13-6-8-16(29-2)9-7-13)23-24-18-25-26-19(27(18)21)30-11-17(28)22-15-5-3-4-14(20)10-15/h3-10H,11,21H2,1-2H3,(H,22,28)(H,24,25)/b23-12+. The Labute approximate surface area is 176 Å². The predicted molar refractivity (Wildman–Crippen MR) is 115 cm³/mol. The number of nitrogens with two attached hydrogens (primary N) is 1. The van der Waals surface area contributed by atoms with Crippen molar-refractivity contribution in [2.24, 2.45) is 5.10 Å². The van der Waals surface area contributed by atoms with Gasteiger partial charge in [0, 0.05) is 5.69 Å². The molecular formula is C19H20FN7O2S. The van der Waals surface area contributed by atoms with Gasteiger partial charge >= 0.3 is 0 Å². The highest BCUT2D eigenvalue weighted by Crippen LogP contribution is 2.18. The maximum absolute atomic E-state index is 13.2. The number of anilines is 2. The van der Waals surface area contributed by atoms with E-state index in [0.29, 0.717) is 16.6 Å². The molecule has 2 aromatic carbocycles. The molecule has 0 spiro atoms. The van der Waals surface area contributed by atoms with Gasteiger partial charge in [-0.25, -0.2) is 14.5 Å². The molecule has 0 aliphatic carbocycles. The van der Waals surface area contributed by atoms with E-state index in [9.17, 15) is 9.18 Å². The first kappa shape index (κ1) is 21.1. The Bertz CT molecular complexity index is 1050. The van der Waals surface area contributed by atoms with E-state index < -0.39 is 5.82 Å². The third kappa shape index (κ3) is 5.47. The van der Waals surface area contributed by atoms with E-state index in [1.165, 1.54) is 22.9 Å². The second kappa shape index (κ2) is 9.74. The number of hydrazone groups is 1. The third-order valence-electron chi connectivity index (χ3n) is 3.94. The second-order valence-corrected chi connectivity index (χ2v) is 7.00. The summed E-state index contributed by atoms with van der Waals surface area (Å²) in [5.74, 6) is 6.22. The third-order valence-corrected chi connectivity index (χ3v) is 4.88. The van der Waals surface area contributed by atoms with Crippen LogP contribution in [0, 0.1) is 5.82 Å². The fourth-order valence-electron chi connectivity index (χ4n) is 2.38. The van der Waals surface area contributed by atoms with Crippen LogP contribution in [0.3, 0.4) is 0 Å².